The van der Waals surface area contributed by atoms with Gasteiger partial charge >= 0.3 is 0 Å². The molecule has 1 unspecified atom stereocenters. The number of aromatic nitrogens is 1. The van der Waals surface area contributed by atoms with E-state index in [9.17, 15) is 14.7 Å². The van der Waals surface area contributed by atoms with Crippen LogP contribution in [0.3, 0.4) is 0 Å². The Morgan fingerprint density at radius 2 is 1.75 bits per heavy atom. The Hall–Kier alpha value is -3.68. The predicted octanol–water partition coefficient (Wildman–Crippen LogP) is 4.78. The van der Waals surface area contributed by atoms with Crippen molar-refractivity contribution in [3.8, 4) is 11.3 Å². The molecule has 36 heavy (non-hydrogen) atoms. The molecule has 2 heterocycles. The molecule has 1 aromatic heterocycles. The number of benzene rings is 3. The highest BCUT2D eigenvalue weighted by Crippen LogP contribution is 2.34. The molecule has 1 saturated heterocycles. The Morgan fingerprint density at radius 1 is 1.06 bits per heavy atom. The summed E-state index contributed by atoms with van der Waals surface area (Å²) in [5, 5.41) is 19.3. The van der Waals surface area contributed by atoms with Gasteiger partial charge in [-0.15, -0.1) is 0 Å². The van der Waals surface area contributed by atoms with Crippen LogP contribution < -0.4 is 5.32 Å². The molecule has 5 rings (SSSR count). The van der Waals surface area contributed by atoms with Crippen molar-refractivity contribution in [2.75, 3.05) is 13.1 Å². The summed E-state index contributed by atoms with van der Waals surface area (Å²) in [6, 6.07) is 21.1. The van der Waals surface area contributed by atoms with Crippen LogP contribution >= 0.6 is 11.6 Å². The lowest BCUT2D eigenvalue weighted by Gasteiger charge is -2.39. The summed E-state index contributed by atoms with van der Waals surface area (Å²) in [5.41, 5.74) is 1.72. The summed E-state index contributed by atoms with van der Waals surface area (Å²) in [7, 11) is 0. The number of carbonyl (C=O) groups is 2. The Balaban J connectivity index is 1.24. The Bertz CT molecular complexity index is 1390. The number of aliphatic hydroxyl groups is 1. The molecule has 0 spiro atoms. The van der Waals surface area contributed by atoms with E-state index in [1.54, 1.807) is 42.2 Å². The zero-order valence-corrected chi connectivity index (χ0v) is 20.5. The molecule has 0 bridgehead atoms. The van der Waals surface area contributed by atoms with Gasteiger partial charge in [0.25, 0.3) is 5.91 Å². The Morgan fingerprint density at radius 3 is 2.44 bits per heavy atom. The first-order valence-corrected chi connectivity index (χ1v) is 12.2. The maximum atomic E-state index is 13.1. The van der Waals surface area contributed by atoms with E-state index in [4.69, 9.17) is 16.1 Å². The molecular weight excluding hydrogens is 478 g/mol. The smallest absolute Gasteiger partial charge is 0.251 e. The van der Waals surface area contributed by atoms with Crippen molar-refractivity contribution in [2.24, 2.45) is 0 Å². The lowest BCUT2D eigenvalue weighted by molar-refractivity contribution is -0.137. The summed E-state index contributed by atoms with van der Waals surface area (Å²) in [5.74, 6) is 0.0519. The number of nitrogens with one attached hydrogen (secondary N) is 1. The summed E-state index contributed by atoms with van der Waals surface area (Å²) in [4.78, 5) is 27.7. The van der Waals surface area contributed by atoms with E-state index in [1.165, 1.54) is 0 Å². The highest BCUT2D eigenvalue weighted by atomic mass is 35.5. The summed E-state index contributed by atoms with van der Waals surface area (Å²) in [6.07, 6.45) is 0.820. The predicted molar refractivity (Wildman–Crippen MR) is 138 cm³/mol. The molecule has 1 fully saturated rings. The lowest BCUT2D eigenvalue weighted by Crippen LogP contribution is -2.51. The van der Waals surface area contributed by atoms with Crippen LogP contribution in [0.4, 0.5) is 0 Å². The van der Waals surface area contributed by atoms with E-state index < -0.39 is 11.6 Å². The molecule has 1 aliphatic heterocycles. The maximum Gasteiger partial charge on any atom is 0.251 e. The number of nitrogens with zero attached hydrogens (tertiary/aromatic N) is 2. The van der Waals surface area contributed by atoms with Crippen LogP contribution in [0.1, 0.15) is 35.7 Å². The van der Waals surface area contributed by atoms with Gasteiger partial charge in [0, 0.05) is 29.2 Å². The number of halogens is 1. The Labute approximate surface area is 213 Å². The van der Waals surface area contributed by atoms with Crippen LogP contribution in [-0.4, -0.2) is 46.1 Å². The van der Waals surface area contributed by atoms with Gasteiger partial charge in [-0.1, -0.05) is 59.2 Å². The van der Waals surface area contributed by atoms with Gasteiger partial charge in [-0.2, -0.15) is 0 Å². The highest BCUT2D eigenvalue weighted by molar-refractivity contribution is 6.30. The molecule has 4 aromatic rings. The Kier molecular flexibility index (Phi) is 6.51. The molecule has 184 valence electrons. The van der Waals surface area contributed by atoms with Gasteiger partial charge < -0.3 is 19.8 Å². The van der Waals surface area contributed by atoms with Crippen LogP contribution in [0.2, 0.25) is 5.02 Å². The second-order valence-corrected chi connectivity index (χ2v) is 9.61. The number of piperidine rings is 1. The standard InChI is InChI=1S/C28H26ClN3O4/c1-18(27(34)32-15-13-28(35,14-16-32)21-8-10-22(29)11-9-21)30-26(33)20-7-12-24-23(17-20)25(36-31-24)19-5-3-2-4-6-19/h2-12,17-18,35H,13-16H2,1H3,(H,30,33). The number of likely N-dealkylation sites (tertiary alicyclic amines) is 1. The molecule has 7 nitrogen and oxygen atoms in total. The largest absolute Gasteiger partial charge is 0.385 e. The summed E-state index contributed by atoms with van der Waals surface area (Å²) < 4.78 is 5.52. The van der Waals surface area contributed by atoms with Crippen LogP contribution in [-0.2, 0) is 10.4 Å². The zero-order chi connectivity index (χ0) is 25.3. The van der Waals surface area contributed by atoms with Gasteiger partial charge in [0.1, 0.15) is 11.6 Å². The van der Waals surface area contributed by atoms with Crippen LogP contribution in [0.15, 0.2) is 77.3 Å². The molecular formula is C28H26ClN3O4. The van der Waals surface area contributed by atoms with Crippen molar-refractivity contribution in [3.63, 3.8) is 0 Å². The first-order chi connectivity index (χ1) is 17.3. The summed E-state index contributed by atoms with van der Waals surface area (Å²) in [6.45, 7) is 2.46. The monoisotopic (exact) mass is 503 g/mol. The third-order valence-electron chi connectivity index (χ3n) is 6.78. The number of amides is 2. The van der Waals surface area contributed by atoms with Crippen molar-refractivity contribution < 1.29 is 19.2 Å². The molecule has 0 aliphatic carbocycles. The maximum absolute atomic E-state index is 13.1. The van der Waals surface area contributed by atoms with Gasteiger partial charge in [-0.05, 0) is 55.7 Å². The van der Waals surface area contributed by atoms with Crippen LogP contribution in [0.5, 0.6) is 0 Å². The van der Waals surface area contributed by atoms with E-state index in [2.05, 4.69) is 10.5 Å². The van der Waals surface area contributed by atoms with E-state index in [1.807, 2.05) is 42.5 Å². The van der Waals surface area contributed by atoms with Crippen LogP contribution in [0.25, 0.3) is 22.2 Å². The van der Waals surface area contributed by atoms with Gasteiger partial charge in [-0.3, -0.25) is 9.59 Å². The third-order valence-corrected chi connectivity index (χ3v) is 7.03. The molecule has 3 aromatic carbocycles. The number of rotatable bonds is 5. The van der Waals surface area contributed by atoms with Crippen LogP contribution in [0, 0.1) is 0 Å². The minimum absolute atomic E-state index is 0.183. The summed E-state index contributed by atoms with van der Waals surface area (Å²) >= 11 is 5.96. The van der Waals surface area contributed by atoms with Gasteiger partial charge in [0.05, 0.1) is 11.0 Å². The van der Waals surface area contributed by atoms with Crippen molar-refractivity contribution in [3.05, 3.63) is 88.9 Å². The second-order valence-electron chi connectivity index (χ2n) is 9.17. The fourth-order valence-electron chi connectivity index (χ4n) is 4.64. The molecule has 8 heteroatoms. The number of fused-ring (bicyclic) bond motifs is 1. The van der Waals surface area contributed by atoms with E-state index >= 15 is 0 Å². The minimum atomic E-state index is -1.00. The van der Waals surface area contributed by atoms with E-state index in [0.717, 1.165) is 16.5 Å². The SMILES string of the molecule is CC(NC(=O)c1ccc2noc(-c3ccccc3)c2c1)C(=O)N1CCC(O)(c2ccc(Cl)cc2)CC1. The quantitative estimate of drug-likeness (QED) is 0.409. The fraction of sp³-hybridized carbons (Fsp3) is 0.250. The average Bonchev–Trinajstić information content (AvgIpc) is 3.33. The third kappa shape index (κ3) is 4.72. The molecule has 0 saturated carbocycles. The van der Waals surface area contributed by atoms with Gasteiger partial charge in [-0.25, -0.2) is 0 Å². The minimum Gasteiger partial charge on any atom is -0.385 e. The molecule has 2 amide bonds. The number of hydrogen-bond acceptors (Lipinski definition) is 5. The molecule has 1 aliphatic rings. The topological polar surface area (TPSA) is 95.7 Å². The van der Waals surface area contributed by atoms with Crippen molar-refractivity contribution in [1.29, 1.82) is 0 Å². The second kappa shape index (κ2) is 9.76. The van der Waals surface area contributed by atoms with Crippen molar-refractivity contribution >= 4 is 34.3 Å². The van der Waals surface area contributed by atoms with E-state index in [-0.39, 0.29) is 11.8 Å². The van der Waals surface area contributed by atoms with Gasteiger partial charge in [0.15, 0.2) is 5.76 Å². The average molecular weight is 504 g/mol. The van der Waals surface area contributed by atoms with Crippen molar-refractivity contribution in [2.45, 2.75) is 31.4 Å². The molecule has 0 radical (unpaired) electrons. The first kappa shape index (κ1) is 24.0. The van der Waals surface area contributed by atoms with E-state index in [0.29, 0.717) is 47.8 Å². The van der Waals surface area contributed by atoms with Gasteiger partial charge in [0.2, 0.25) is 5.91 Å². The molecule has 2 N–H and O–H groups in total. The highest BCUT2D eigenvalue weighted by Gasteiger charge is 2.36. The number of hydrogen-bond donors (Lipinski definition) is 2. The lowest BCUT2D eigenvalue weighted by atomic mass is 9.84. The first-order valence-electron chi connectivity index (χ1n) is 11.9. The molecule has 1 atom stereocenters. The normalized spacial score (nSPS) is 16.0. The zero-order valence-electron chi connectivity index (χ0n) is 19.8. The fourth-order valence-corrected chi connectivity index (χ4v) is 4.77. The van der Waals surface area contributed by atoms with Crippen molar-refractivity contribution in [1.82, 2.24) is 15.4 Å². The number of carbonyl (C=O) groups excluding carboxylic acids is 2.